The minimum atomic E-state index is -1.35. The molecule has 1 aliphatic carbocycles. The minimum absolute atomic E-state index is 0.00423. The van der Waals surface area contributed by atoms with Gasteiger partial charge in [0.05, 0.1) is 6.10 Å². The van der Waals surface area contributed by atoms with E-state index in [1.807, 2.05) is 56.4 Å². The van der Waals surface area contributed by atoms with Crippen LogP contribution in [-0.2, 0) is 4.79 Å². The molecule has 2 N–H and O–H groups in total. The van der Waals surface area contributed by atoms with Gasteiger partial charge in [-0.15, -0.1) is 0 Å². The van der Waals surface area contributed by atoms with Crippen molar-refractivity contribution in [3.8, 4) is 0 Å². The van der Waals surface area contributed by atoms with Gasteiger partial charge in [0.2, 0.25) is 0 Å². The van der Waals surface area contributed by atoms with Crippen molar-refractivity contribution in [2.24, 2.45) is 5.41 Å². The first-order chi connectivity index (χ1) is 20.0. The molecule has 0 fully saturated rings. The molecule has 1 rings (SSSR count). The summed E-state index contributed by atoms with van der Waals surface area (Å²) >= 11 is 0. The van der Waals surface area contributed by atoms with Crippen molar-refractivity contribution < 1.29 is 15.0 Å². The molecular formula is C40H54O3. The monoisotopic (exact) mass is 582 g/mol. The zero-order valence-corrected chi connectivity index (χ0v) is 28.1. The lowest BCUT2D eigenvalue weighted by Gasteiger charge is -2.35. The summed E-state index contributed by atoms with van der Waals surface area (Å²) in [4.78, 5) is 11.8. The molecule has 0 bridgehead atoms. The molecule has 43 heavy (non-hydrogen) atoms. The molecule has 1 atom stereocenters. The number of carbonyl (C=O) groups is 1. The van der Waals surface area contributed by atoms with Gasteiger partial charge in [-0.2, -0.15) is 0 Å². The Kier molecular flexibility index (Phi) is 15.9. The summed E-state index contributed by atoms with van der Waals surface area (Å²) in [5, 5.41) is 19.8. The fraction of sp³-hybridized carbons (Fsp3) is 0.375. The third kappa shape index (κ3) is 16.0. The van der Waals surface area contributed by atoms with Gasteiger partial charge in [0.15, 0.2) is 5.78 Å². The molecule has 0 heterocycles. The fourth-order valence-corrected chi connectivity index (χ4v) is 4.55. The highest BCUT2D eigenvalue weighted by molar-refractivity contribution is 5.96. The topological polar surface area (TPSA) is 57.5 Å². The quantitative estimate of drug-likeness (QED) is 0.168. The van der Waals surface area contributed by atoms with Crippen molar-refractivity contribution in [3.63, 3.8) is 0 Å². The van der Waals surface area contributed by atoms with Gasteiger partial charge >= 0.3 is 0 Å². The second-order valence-corrected chi connectivity index (χ2v) is 12.7. The number of hydrogen-bond acceptors (Lipinski definition) is 3. The second kappa shape index (κ2) is 18.2. The Hall–Kier alpha value is -3.53. The Labute approximate surface area is 261 Å². The van der Waals surface area contributed by atoms with Crippen LogP contribution in [0.25, 0.3) is 0 Å². The van der Waals surface area contributed by atoms with Crippen molar-refractivity contribution in [3.05, 3.63) is 142 Å². The average Bonchev–Trinajstić information content (AvgIpc) is 2.88. The van der Waals surface area contributed by atoms with Crippen LogP contribution in [-0.4, -0.2) is 27.7 Å². The highest BCUT2D eigenvalue weighted by Crippen LogP contribution is 2.41. The van der Waals surface area contributed by atoms with E-state index in [-0.39, 0.29) is 17.3 Å². The molecule has 1 unspecified atom stereocenters. The first-order valence-corrected chi connectivity index (χ1v) is 15.1. The third-order valence-electron chi connectivity index (χ3n) is 7.07. The maximum atomic E-state index is 11.8. The normalized spacial score (nSPS) is 20.5. The van der Waals surface area contributed by atoms with E-state index in [2.05, 4.69) is 90.2 Å². The van der Waals surface area contributed by atoms with Crippen LogP contribution in [0.4, 0.5) is 0 Å². The summed E-state index contributed by atoms with van der Waals surface area (Å²) in [6, 6.07) is 0. The molecule has 0 aromatic heterocycles. The largest absolute Gasteiger partial charge is 0.393 e. The number of aliphatic hydroxyl groups excluding tert-OH is 1. The van der Waals surface area contributed by atoms with E-state index >= 15 is 0 Å². The van der Waals surface area contributed by atoms with Gasteiger partial charge in [0.1, 0.15) is 5.60 Å². The first-order valence-electron chi connectivity index (χ1n) is 15.1. The van der Waals surface area contributed by atoms with Crippen LogP contribution in [0.3, 0.4) is 0 Å². The number of carbonyl (C=O) groups excluding carboxylic acids is 1. The molecule has 0 amide bonds. The SMILES string of the molecule is CC1=C(/C=C/C(C)=C/C=C/C(C)=C/C=C/C=C(C)/C=C/C=C(C)/C=C/C=C(C)/C=C/C(=O)C(C)(C)O)C(C)(C)CC(O)C1. The van der Waals surface area contributed by atoms with E-state index in [1.54, 1.807) is 6.08 Å². The molecule has 3 nitrogen and oxygen atoms in total. The van der Waals surface area contributed by atoms with Gasteiger partial charge in [-0.25, -0.2) is 0 Å². The number of ketones is 1. The Morgan fingerprint density at radius 1 is 0.698 bits per heavy atom. The highest BCUT2D eigenvalue weighted by atomic mass is 16.3. The van der Waals surface area contributed by atoms with Gasteiger partial charge in [0, 0.05) is 0 Å². The minimum Gasteiger partial charge on any atom is -0.393 e. The second-order valence-electron chi connectivity index (χ2n) is 12.7. The summed E-state index contributed by atoms with van der Waals surface area (Å²) in [6.07, 6.45) is 35.4. The van der Waals surface area contributed by atoms with Crippen LogP contribution in [0.2, 0.25) is 0 Å². The molecule has 0 aromatic rings. The molecule has 232 valence electrons. The Bertz CT molecular complexity index is 1330. The third-order valence-corrected chi connectivity index (χ3v) is 7.07. The van der Waals surface area contributed by atoms with E-state index in [4.69, 9.17) is 0 Å². The fourth-order valence-electron chi connectivity index (χ4n) is 4.55. The molecule has 3 heteroatoms. The van der Waals surface area contributed by atoms with E-state index in [9.17, 15) is 15.0 Å². The maximum Gasteiger partial charge on any atom is 0.186 e. The van der Waals surface area contributed by atoms with Crippen LogP contribution in [0.15, 0.2) is 142 Å². The van der Waals surface area contributed by atoms with Crippen molar-refractivity contribution in [1.82, 2.24) is 0 Å². The summed E-state index contributed by atoms with van der Waals surface area (Å²) in [6.45, 7) is 19.7. The lowest BCUT2D eigenvalue weighted by atomic mass is 9.71. The van der Waals surface area contributed by atoms with E-state index < -0.39 is 5.60 Å². The molecule has 0 aliphatic heterocycles. The Morgan fingerprint density at radius 2 is 1.09 bits per heavy atom. The summed E-state index contributed by atoms with van der Waals surface area (Å²) < 4.78 is 0. The van der Waals surface area contributed by atoms with Crippen molar-refractivity contribution in [2.75, 3.05) is 0 Å². The predicted octanol–water partition coefficient (Wildman–Crippen LogP) is 9.89. The molecule has 0 saturated carbocycles. The molecule has 1 aliphatic rings. The van der Waals surface area contributed by atoms with Crippen LogP contribution in [0.1, 0.15) is 82.1 Å². The van der Waals surface area contributed by atoms with Crippen molar-refractivity contribution >= 4 is 5.78 Å². The van der Waals surface area contributed by atoms with E-state index in [1.165, 1.54) is 42.2 Å². The molecular weight excluding hydrogens is 528 g/mol. The lowest BCUT2D eigenvalue weighted by Crippen LogP contribution is -2.29. The van der Waals surface area contributed by atoms with Gasteiger partial charge < -0.3 is 10.2 Å². The lowest BCUT2D eigenvalue weighted by molar-refractivity contribution is -0.128. The van der Waals surface area contributed by atoms with Crippen molar-refractivity contribution in [1.29, 1.82) is 0 Å². The highest BCUT2D eigenvalue weighted by Gasteiger charge is 2.31. The van der Waals surface area contributed by atoms with Gasteiger partial charge in [-0.05, 0) is 85.3 Å². The molecule has 0 radical (unpaired) electrons. The standard InChI is InChI=1S/C40H54O3/c1-30(18-13-20-32(3)21-15-23-34(5)25-27-38(42)40(9,10)43)16-11-12-17-31(2)19-14-22-33(4)24-26-37-35(6)28-36(41)29-39(37,7)8/h11-27,36,41,43H,28-29H2,1-10H3/b12-11+,18-13+,19-14+,21-15+,26-24+,27-25+,30-16+,31-17+,32-20+,33-22+,34-23+. The van der Waals surface area contributed by atoms with Crippen LogP contribution >= 0.6 is 0 Å². The van der Waals surface area contributed by atoms with Crippen molar-refractivity contribution in [2.45, 2.75) is 93.8 Å². The summed E-state index contributed by atoms with van der Waals surface area (Å²) in [7, 11) is 0. The Morgan fingerprint density at radius 3 is 1.51 bits per heavy atom. The number of aliphatic hydroxyl groups is 2. The average molecular weight is 583 g/mol. The number of hydrogen-bond donors (Lipinski definition) is 2. The summed E-state index contributed by atoms with van der Waals surface area (Å²) in [5.41, 5.74) is 6.80. The van der Waals surface area contributed by atoms with E-state index in [0.29, 0.717) is 0 Å². The van der Waals surface area contributed by atoms with Crippen LogP contribution < -0.4 is 0 Å². The van der Waals surface area contributed by atoms with Gasteiger partial charge in [0.25, 0.3) is 0 Å². The van der Waals surface area contributed by atoms with Gasteiger partial charge in [-0.3, -0.25) is 4.79 Å². The summed E-state index contributed by atoms with van der Waals surface area (Å²) in [5.74, 6) is -0.315. The Balaban J connectivity index is 2.64. The molecule has 0 saturated heterocycles. The van der Waals surface area contributed by atoms with Crippen LogP contribution in [0.5, 0.6) is 0 Å². The number of allylic oxidation sites excluding steroid dienone is 22. The van der Waals surface area contributed by atoms with Crippen LogP contribution in [0, 0.1) is 5.41 Å². The maximum absolute atomic E-state index is 11.8. The molecule has 0 aromatic carbocycles. The zero-order valence-electron chi connectivity index (χ0n) is 28.1. The molecule has 0 spiro atoms. The van der Waals surface area contributed by atoms with E-state index in [0.717, 1.165) is 29.6 Å². The zero-order chi connectivity index (χ0) is 32.6. The number of rotatable bonds is 13. The first kappa shape index (κ1) is 37.5. The predicted molar refractivity (Wildman–Crippen MR) is 187 cm³/mol. The van der Waals surface area contributed by atoms with Gasteiger partial charge in [-0.1, -0.05) is 145 Å². The smallest absolute Gasteiger partial charge is 0.186 e.